The highest BCUT2D eigenvalue weighted by atomic mass is 32.2. The highest BCUT2D eigenvalue weighted by molar-refractivity contribution is 7.90. The maximum Gasteiger partial charge on any atom is 0.216 e. The van der Waals surface area contributed by atoms with E-state index in [9.17, 15) is 8.42 Å². The van der Waals surface area contributed by atoms with Gasteiger partial charge in [0.05, 0.1) is 5.25 Å². The van der Waals surface area contributed by atoms with E-state index in [2.05, 4.69) is 6.92 Å². The molecule has 2 rings (SSSR count). The molecule has 0 aromatic heterocycles. The summed E-state index contributed by atoms with van der Waals surface area (Å²) in [5.74, 6) is 0. The number of sulfonamides is 1. The third-order valence-electron chi connectivity index (χ3n) is 3.94. The average Bonchev–Trinajstić information content (AvgIpc) is 2.94. The molecule has 0 aliphatic heterocycles. The van der Waals surface area contributed by atoms with Crippen molar-refractivity contribution in [2.24, 2.45) is 5.41 Å². The molecule has 82 valence electrons. The van der Waals surface area contributed by atoms with Crippen LogP contribution in [0.2, 0.25) is 0 Å². The monoisotopic (exact) mass is 217 g/mol. The smallest absolute Gasteiger partial charge is 0.212 e. The minimum Gasteiger partial charge on any atom is -0.212 e. The molecule has 0 bridgehead atoms. The largest absolute Gasteiger partial charge is 0.216 e. The predicted molar refractivity (Wildman–Crippen MR) is 56.5 cm³/mol. The third-order valence-corrected chi connectivity index (χ3v) is 6.37. The third kappa shape index (κ3) is 1.58. The van der Waals surface area contributed by atoms with Crippen LogP contribution in [0.5, 0.6) is 0 Å². The summed E-state index contributed by atoms with van der Waals surface area (Å²) in [4.78, 5) is 0. The summed E-state index contributed by atoms with van der Waals surface area (Å²) in [6.07, 6.45) is 4.05. The van der Waals surface area contributed by atoms with Crippen LogP contribution in [0.4, 0.5) is 0 Å². The van der Waals surface area contributed by atoms with Gasteiger partial charge in [0, 0.05) is 13.1 Å². The Morgan fingerprint density at radius 3 is 2.21 bits per heavy atom. The Morgan fingerprint density at radius 1 is 1.36 bits per heavy atom. The molecular formula is C10H19NO2S. The van der Waals surface area contributed by atoms with Gasteiger partial charge in [-0.3, -0.25) is 0 Å². The molecule has 0 aromatic rings. The Balaban J connectivity index is 2.10. The molecule has 1 unspecified atom stereocenters. The van der Waals surface area contributed by atoms with Crippen LogP contribution in [-0.2, 0) is 10.0 Å². The molecule has 0 radical (unpaired) electrons. The topological polar surface area (TPSA) is 37.4 Å². The van der Waals surface area contributed by atoms with Gasteiger partial charge in [-0.05, 0) is 38.0 Å². The van der Waals surface area contributed by atoms with E-state index in [0.717, 1.165) is 12.8 Å². The van der Waals surface area contributed by atoms with E-state index < -0.39 is 10.0 Å². The molecule has 0 N–H and O–H groups in total. The number of nitrogens with zero attached hydrogens (tertiary/aromatic N) is 1. The van der Waals surface area contributed by atoms with E-state index in [1.165, 1.54) is 12.8 Å². The Labute approximate surface area is 86.5 Å². The van der Waals surface area contributed by atoms with Crippen LogP contribution in [0.25, 0.3) is 0 Å². The van der Waals surface area contributed by atoms with E-state index in [4.69, 9.17) is 0 Å². The van der Waals surface area contributed by atoms with E-state index in [0.29, 0.717) is 0 Å². The summed E-state index contributed by atoms with van der Waals surface area (Å²) in [6, 6.07) is 0.160. The van der Waals surface area contributed by atoms with Gasteiger partial charge in [0.15, 0.2) is 0 Å². The fourth-order valence-electron chi connectivity index (χ4n) is 1.88. The van der Waals surface area contributed by atoms with Gasteiger partial charge in [-0.15, -0.1) is 0 Å². The van der Waals surface area contributed by atoms with Crippen molar-refractivity contribution >= 4 is 10.0 Å². The lowest BCUT2D eigenvalue weighted by Gasteiger charge is -2.29. The first-order valence-corrected chi connectivity index (χ1v) is 6.85. The minimum atomic E-state index is -2.97. The first kappa shape index (κ1) is 10.4. The van der Waals surface area contributed by atoms with Crippen molar-refractivity contribution in [3.8, 4) is 0 Å². The Kier molecular flexibility index (Phi) is 2.20. The van der Waals surface area contributed by atoms with Crippen LogP contribution in [0.15, 0.2) is 0 Å². The van der Waals surface area contributed by atoms with Crippen molar-refractivity contribution in [2.75, 3.05) is 7.05 Å². The molecule has 2 aliphatic rings. The van der Waals surface area contributed by atoms with Crippen LogP contribution in [-0.4, -0.2) is 31.1 Å². The van der Waals surface area contributed by atoms with Crippen LogP contribution in [0, 0.1) is 5.41 Å². The van der Waals surface area contributed by atoms with Gasteiger partial charge < -0.3 is 0 Å². The standard InChI is InChI=1S/C10H19NO2S/c1-8(10(2)6-7-10)11(3)14(12,13)9-4-5-9/h8-9H,4-7H2,1-3H3. The van der Waals surface area contributed by atoms with Crippen molar-refractivity contribution in [1.82, 2.24) is 4.31 Å². The van der Waals surface area contributed by atoms with Crippen molar-refractivity contribution in [3.63, 3.8) is 0 Å². The van der Waals surface area contributed by atoms with Gasteiger partial charge in [-0.25, -0.2) is 12.7 Å². The molecular weight excluding hydrogens is 198 g/mol. The van der Waals surface area contributed by atoms with Gasteiger partial charge in [-0.1, -0.05) is 6.92 Å². The zero-order valence-electron chi connectivity index (χ0n) is 9.16. The lowest BCUT2D eigenvalue weighted by atomic mass is 10.0. The SMILES string of the molecule is CC(N(C)S(=O)(=O)C1CC1)C1(C)CC1. The maximum atomic E-state index is 11.9. The second-order valence-electron chi connectivity index (χ2n) is 5.09. The summed E-state index contributed by atoms with van der Waals surface area (Å²) in [6.45, 7) is 4.21. The molecule has 0 heterocycles. The summed E-state index contributed by atoms with van der Waals surface area (Å²) in [5, 5.41) is -0.0719. The van der Waals surface area contributed by atoms with Gasteiger partial charge in [0.25, 0.3) is 0 Å². The van der Waals surface area contributed by atoms with Crippen LogP contribution < -0.4 is 0 Å². The Hall–Kier alpha value is -0.0900. The highest BCUT2D eigenvalue weighted by Crippen LogP contribution is 2.50. The van der Waals surface area contributed by atoms with Crippen molar-refractivity contribution in [3.05, 3.63) is 0 Å². The van der Waals surface area contributed by atoms with Crippen LogP contribution >= 0.6 is 0 Å². The van der Waals surface area contributed by atoms with Crippen LogP contribution in [0.3, 0.4) is 0 Å². The Morgan fingerprint density at radius 2 is 1.86 bits per heavy atom. The van der Waals surface area contributed by atoms with E-state index in [1.54, 1.807) is 11.4 Å². The van der Waals surface area contributed by atoms with E-state index in [-0.39, 0.29) is 16.7 Å². The Bertz CT molecular complexity index is 328. The maximum absolute atomic E-state index is 11.9. The molecule has 0 amide bonds. The van der Waals surface area contributed by atoms with Crippen molar-refractivity contribution in [1.29, 1.82) is 0 Å². The molecule has 0 aromatic carbocycles. The molecule has 3 nitrogen and oxygen atoms in total. The number of rotatable bonds is 4. The quantitative estimate of drug-likeness (QED) is 0.717. The lowest BCUT2D eigenvalue weighted by Crippen LogP contribution is -2.41. The first-order valence-electron chi connectivity index (χ1n) is 5.35. The van der Waals surface area contributed by atoms with Crippen molar-refractivity contribution in [2.45, 2.75) is 50.8 Å². The molecule has 2 saturated carbocycles. The molecule has 2 fully saturated rings. The van der Waals surface area contributed by atoms with Gasteiger partial charge in [0.1, 0.15) is 0 Å². The summed E-state index contributed by atoms with van der Waals surface area (Å²) < 4.78 is 25.5. The first-order chi connectivity index (χ1) is 6.38. The highest BCUT2D eigenvalue weighted by Gasteiger charge is 2.49. The summed E-state index contributed by atoms with van der Waals surface area (Å²) in [7, 11) is -1.24. The van der Waals surface area contributed by atoms with Crippen molar-refractivity contribution < 1.29 is 8.42 Å². The van der Waals surface area contributed by atoms with E-state index >= 15 is 0 Å². The number of hydrogen-bond donors (Lipinski definition) is 0. The molecule has 14 heavy (non-hydrogen) atoms. The molecule has 2 aliphatic carbocycles. The second-order valence-corrected chi connectivity index (χ2v) is 7.36. The molecule has 4 heteroatoms. The minimum absolute atomic E-state index is 0.0719. The fraction of sp³-hybridized carbons (Fsp3) is 1.00. The lowest BCUT2D eigenvalue weighted by molar-refractivity contribution is 0.283. The fourth-order valence-corrected chi connectivity index (χ4v) is 3.77. The van der Waals surface area contributed by atoms with Crippen LogP contribution in [0.1, 0.15) is 39.5 Å². The average molecular weight is 217 g/mol. The predicted octanol–water partition coefficient (Wildman–Crippen LogP) is 1.60. The number of hydrogen-bond acceptors (Lipinski definition) is 2. The zero-order valence-corrected chi connectivity index (χ0v) is 9.97. The molecule has 1 atom stereocenters. The van der Waals surface area contributed by atoms with Gasteiger partial charge in [0.2, 0.25) is 10.0 Å². The normalized spacial score (nSPS) is 27.7. The molecule has 0 saturated heterocycles. The van der Waals surface area contributed by atoms with E-state index in [1.807, 2.05) is 6.92 Å². The zero-order chi connectivity index (χ0) is 10.6. The summed E-state index contributed by atoms with van der Waals surface area (Å²) >= 11 is 0. The second kappa shape index (κ2) is 2.95. The van der Waals surface area contributed by atoms with Gasteiger partial charge >= 0.3 is 0 Å². The summed E-state index contributed by atoms with van der Waals surface area (Å²) in [5.41, 5.74) is 0.247. The van der Waals surface area contributed by atoms with Gasteiger partial charge in [-0.2, -0.15) is 0 Å². The molecule has 0 spiro atoms.